The lowest BCUT2D eigenvalue weighted by atomic mass is 9.66. The number of carbonyl (C=O) groups is 4. The van der Waals surface area contributed by atoms with Crippen LogP contribution in [0, 0.1) is 11.2 Å². The van der Waals surface area contributed by atoms with Gasteiger partial charge in [-0.15, -0.1) is 0 Å². The number of nitrogens with one attached hydrogen (secondary N) is 2. The van der Waals surface area contributed by atoms with Crippen molar-refractivity contribution in [3.05, 3.63) is 17.4 Å². The van der Waals surface area contributed by atoms with Gasteiger partial charge in [0.1, 0.15) is 12.8 Å². The summed E-state index contributed by atoms with van der Waals surface area (Å²) in [5, 5.41) is 8.27. The normalized spacial score (nSPS) is 29.2. The van der Waals surface area contributed by atoms with Crippen molar-refractivity contribution in [1.82, 2.24) is 15.8 Å². The number of cyclic esters (lactones) is 1. The number of aromatic nitrogens is 1. The van der Waals surface area contributed by atoms with E-state index in [1.807, 2.05) is 0 Å². The number of anilines is 2. The Labute approximate surface area is 201 Å². The summed E-state index contributed by atoms with van der Waals surface area (Å²) >= 11 is 0. The summed E-state index contributed by atoms with van der Waals surface area (Å²) in [6, 6.07) is -0.374. The second-order valence-corrected chi connectivity index (χ2v) is 9.49. The van der Waals surface area contributed by atoms with Gasteiger partial charge in [-0.1, -0.05) is 5.16 Å². The number of benzene rings is 1. The standard InChI is InChI=1S/C22H21F2N5O7/c1-8-6-28-14-10(4-22(16(28)9(2)34-8)18(30)25-20(32)26-19(22)31)3-12-15(13(14)24)36-27-17(12)29-7-11(5-23)35-21(29)33/h3,8-9,11,16H,4-7H2,1-2H3,(H2,25,26,30,31,32)/t8-,9+,11-,16-/m1/s1. The third-order valence-corrected chi connectivity index (χ3v) is 7.25. The van der Waals surface area contributed by atoms with Crippen molar-refractivity contribution >= 4 is 46.4 Å². The average Bonchev–Trinajstić information content (AvgIpc) is 3.39. The second-order valence-electron chi connectivity index (χ2n) is 9.49. The molecule has 5 amide bonds. The van der Waals surface area contributed by atoms with Gasteiger partial charge >= 0.3 is 12.1 Å². The smallest absolute Gasteiger partial charge is 0.416 e. The van der Waals surface area contributed by atoms with Crippen LogP contribution >= 0.6 is 0 Å². The summed E-state index contributed by atoms with van der Waals surface area (Å²) in [7, 11) is 0. The van der Waals surface area contributed by atoms with E-state index in [0.717, 1.165) is 4.90 Å². The van der Waals surface area contributed by atoms with E-state index in [2.05, 4.69) is 15.8 Å². The highest BCUT2D eigenvalue weighted by Gasteiger charge is 2.63. The van der Waals surface area contributed by atoms with Crippen molar-refractivity contribution < 1.29 is 42.0 Å². The summed E-state index contributed by atoms with van der Waals surface area (Å²) in [6.07, 6.45) is -3.16. The Morgan fingerprint density at radius 3 is 2.56 bits per heavy atom. The highest BCUT2D eigenvalue weighted by Crippen LogP contribution is 2.49. The largest absolute Gasteiger partial charge is 0.441 e. The number of rotatable bonds is 2. The zero-order valence-electron chi connectivity index (χ0n) is 19.2. The molecule has 6 rings (SSSR count). The number of hydrogen-bond acceptors (Lipinski definition) is 9. The molecule has 2 N–H and O–H groups in total. The van der Waals surface area contributed by atoms with Crippen LogP contribution in [0.1, 0.15) is 19.4 Å². The van der Waals surface area contributed by atoms with Gasteiger partial charge in [-0.05, 0) is 25.5 Å². The first-order valence-electron chi connectivity index (χ1n) is 11.4. The number of nitrogens with zero attached hydrogens (tertiary/aromatic N) is 3. The van der Waals surface area contributed by atoms with Crippen LogP contribution in [-0.4, -0.2) is 73.2 Å². The Hall–Kier alpha value is -3.81. The zero-order valence-corrected chi connectivity index (χ0v) is 19.2. The zero-order chi connectivity index (χ0) is 25.5. The molecule has 190 valence electrons. The third kappa shape index (κ3) is 2.90. The van der Waals surface area contributed by atoms with Gasteiger partial charge in [0.25, 0.3) is 0 Å². The molecule has 1 spiro atoms. The fourth-order valence-electron chi connectivity index (χ4n) is 5.91. The van der Waals surface area contributed by atoms with Crippen molar-refractivity contribution in [3.8, 4) is 0 Å². The Kier molecular flexibility index (Phi) is 4.78. The molecular formula is C22H21F2N5O7. The molecule has 0 aliphatic carbocycles. The maximum Gasteiger partial charge on any atom is 0.416 e. The van der Waals surface area contributed by atoms with Gasteiger partial charge in [0, 0.05) is 13.0 Å². The minimum absolute atomic E-state index is 0.0692. The van der Waals surface area contributed by atoms with E-state index in [0.29, 0.717) is 0 Å². The number of morpholine rings is 1. The summed E-state index contributed by atoms with van der Waals surface area (Å²) in [4.78, 5) is 53.3. The van der Waals surface area contributed by atoms with Crippen LogP contribution in [0.4, 0.5) is 29.9 Å². The average molecular weight is 505 g/mol. The highest BCUT2D eigenvalue weighted by molar-refractivity contribution is 6.20. The van der Waals surface area contributed by atoms with Gasteiger partial charge in [0.05, 0.1) is 35.9 Å². The SMILES string of the molecule is C[C@@H]1CN2c3c(cc4c(N5C[C@@H](CF)OC5=O)noc4c3F)CC3(C(=O)NC(=O)NC3=O)[C@H]2[C@H](C)O1. The number of carbonyl (C=O) groups excluding carboxylic acids is 4. The minimum Gasteiger partial charge on any atom is -0.441 e. The Morgan fingerprint density at radius 1 is 1.17 bits per heavy atom. The molecular weight excluding hydrogens is 484 g/mol. The Morgan fingerprint density at radius 2 is 1.89 bits per heavy atom. The lowest BCUT2D eigenvalue weighted by molar-refractivity contribution is -0.153. The molecule has 4 atom stereocenters. The van der Waals surface area contributed by atoms with Crippen molar-refractivity contribution in [3.63, 3.8) is 0 Å². The molecule has 0 radical (unpaired) electrons. The monoisotopic (exact) mass is 505 g/mol. The quantitative estimate of drug-likeness (QED) is 0.575. The fourth-order valence-corrected chi connectivity index (χ4v) is 5.91. The topological polar surface area (TPSA) is 143 Å². The van der Waals surface area contributed by atoms with E-state index in [4.69, 9.17) is 14.0 Å². The predicted octanol–water partition coefficient (Wildman–Crippen LogP) is 1.15. The van der Waals surface area contributed by atoms with E-state index < -0.39 is 60.1 Å². The van der Waals surface area contributed by atoms with Gasteiger partial charge in [-0.2, -0.15) is 0 Å². The van der Waals surface area contributed by atoms with Gasteiger partial charge in [-0.25, -0.2) is 18.4 Å². The number of hydrogen-bond donors (Lipinski definition) is 2. The van der Waals surface area contributed by atoms with Gasteiger partial charge in [0.15, 0.2) is 17.1 Å². The van der Waals surface area contributed by atoms with Crippen molar-refractivity contribution in [2.75, 3.05) is 29.6 Å². The van der Waals surface area contributed by atoms with Crippen molar-refractivity contribution in [1.29, 1.82) is 0 Å². The number of alkyl halides is 1. The van der Waals surface area contributed by atoms with E-state index in [1.54, 1.807) is 18.7 Å². The first-order chi connectivity index (χ1) is 17.1. The first-order valence-corrected chi connectivity index (χ1v) is 11.4. The van der Waals surface area contributed by atoms with E-state index >= 15 is 4.39 Å². The van der Waals surface area contributed by atoms with Crippen LogP contribution in [0.15, 0.2) is 10.6 Å². The highest BCUT2D eigenvalue weighted by atomic mass is 19.1. The maximum absolute atomic E-state index is 16.1. The number of barbiturate groups is 1. The van der Waals surface area contributed by atoms with Crippen LogP contribution in [0.2, 0.25) is 0 Å². The molecule has 0 unspecified atom stereocenters. The molecule has 4 aliphatic heterocycles. The third-order valence-electron chi connectivity index (χ3n) is 7.25. The van der Waals surface area contributed by atoms with Crippen LogP contribution in [0.25, 0.3) is 11.0 Å². The summed E-state index contributed by atoms with van der Waals surface area (Å²) in [6.45, 7) is 2.56. The molecule has 3 fully saturated rings. The first kappa shape index (κ1) is 22.6. The van der Waals surface area contributed by atoms with Crippen molar-refractivity contribution in [2.45, 2.75) is 44.6 Å². The number of fused-ring (bicyclic) bond motifs is 5. The van der Waals surface area contributed by atoms with E-state index in [9.17, 15) is 23.6 Å². The van der Waals surface area contributed by atoms with Crippen molar-refractivity contribution in [2.24, 2.45) is 5.41 Å². The summed E-state index contributed by atoms with van der Waals surface area (Å²) in [5.74, 6) is -2.49. The molecule has 1 aromatic heterocycles. The van der Waals surface area contributed by atoms with Gasteiger partial charge < -0.3 is 18.9 Å². The van der Waals surface area contributed by atoms with Gasteiger partial charge in [-0.3, -0.25) is 25.1 Å². The molecule has 1 aromatic carbocycles. The molecule has 36 heavy (non-hydrogen) atoms. The molecule has 5 heterocycles. The van der Waals surface area contributed by atoms with E-state index in [-0.39, 0.29) is 53.7 Å². The van der Waals surface area contributed by atoms with E-state index in [1.165, 1.54) is 6.07 Å². The summed E-state index contributed by atoms with van der Waals surface area (Å²) in [5.41, 5.74) is -1.65. The molecule has 2 aromatic rings. The van der Waals surface area contributed by atoms with Crippen LogP contribution in [-0.2, 0) is 25.5 Å². The Bertz CT molecular complexity index is 1330. The second kappa shape index (κ2) is 7.59. The number of halogens is 2. The molecule has 0 bridgehead atoms. The summed E-state index contributed by atoms with van der Waals surface area (Å²) < 4.78 is 45.3. The molecule has 12 nitrogen and oxygen atoms in total. The lowest BCUT2D eigenvalue weighted by Gasteiger charge is -2.55. The van der Waals surface area contributed by atoms with Crippen LogP contribution in [0.5, 0.6) is 0 Å². The minimum atomic E-state index is -1.80. The lowest BCUT2D eigenvalue weighted by Crippen LogP contribution is -2.75. The predicted molar refractivity (Wildman–Crippen MR) is 117 cm³/mol. The van der Waals surface area contributed by atoms with Crippen LogP contribution < -0.4 is 20.4 Å². The molecule has 4 aliphatic rings. The maximum atomic E-state index is 16.1. The van der Waals surface area contributed by atoms with Crippen LogP contribution in [0.3, 0.4) is 0 Å². The molecule has 14 heteroatoms. The number of ether oxygens (including phenoxy) is 2. The molecule has 0 saturated carbocycles. The molecule has 3 saturated heterocycles. The number of urea groups is 1. The van der Waals surface area contributed by atoms with Gasteiger partial charge in [0.2, 0.25) is 17.4 Å². The Balaban J connectivity index is 1.55. The number of amides is 5. The fraction of sp³-hybridized carbons (Fsp3) is 0.500. The number of imide groups is 2.